The monoisotopic (exact) mass is 346 g/mol. The second-order valence-electron chi connectivity index (χ2n) is 4.92. The van der Waals surface area contributed by atoms with Gasteiger partial charge in [0.1, 0.15) is 6.54 Å². The molecule has 0 aliphatic rings. The molecule has 0 unspecified atom stereocenters. The van der Waals surface area contributed by atoms with Crippen LogP contribution in [0.1, 0.15) is 22.2 Å². The number of hydrogen-bond acceptors (Lipinski definition) is 5. The highest BCUT2D eigenvalue weighted by Crippen LogP contribution is 2.10. The second-order valence-corrected chi connectivity index (χ2v) is 5.87. The number of carbonyl (C=O) groups excluding carboxylic acids is 3. The van der Waals surface area contributed by atoms with E-state index in [9.17, 15) is 14.4 Å². The number of carbonyl (C=O) groups is 3. The molecule has 2 rings (SSSR count). The fraction of sp³-hybridized carbons (Fsp3) is 0.235. The van der Waals surface area contributed by atoms with Crippen LogP contribution in [-0.2, 0) is 20.7 Å². The minimum Gasteiger partial charge on any atom is -0.454 e. The van der Waals surface area contributed by atoms with Gasteiger partial charge in [-0.05, 0) is 35.6 Å². The molecule has 0 spiro atoms. The smallest absolute Gasteiger partial charge is 0.325 e. The first-order valence-electron chi connectivity index (χ1n) is 7.44. The molecule has 24 heavy (non-hydrogen) atoms. The molecule has 7 heteroatoms. The van der Waals surface area contributed by atoms with Gasteiger partial charge in [-0.2, -0.15) is 0 Å². The van der Waals surface area contributed by atoms with Gasteiger partial charge in [-0.3, -0.25) is 14.4 Å². The molecule has 0 atom stereocenters. The number of nitrogens with one attached hydrogen (secondary N) is 2. The van der Waals surface area contributed by atoms with Crippen molar-refractivity contribution in [2.24, 2.45) is 0 Å². The Labute approximate surface area is 143 Å². The minimum absolute atomic E-state index is 0.283. The molecule has 0 bridgehead atoms. The normalized spacial score (nSPS) is 10.0. The molecule has 0 saturated heterocycles. The van der Waals surface area contributed by atoms with Gasteiger partial charge in [0.2, 0.25) is 0 Å². The lowest BCUT2D eigenvalue weighted by molar-refractivity contribution is -0.146. The van der Waals surface area contributed by atoms with Crippen molar-refractivity contribution in [1.29, 1.82) is 0 Å². The number of thiophene rings is 1. The number of anilines is 1. The zero-order valence-electron chi connectivity index (χ0n) is 13.2. The maximum atomic E-state index is 11.7. The van der Waals surface area contributed by atoms with Crippen molar-refractivity contribution in [1.82, 2.24) is 5.32 Å². The number of hydrogen-bond donors (Lipinski definition) is 2. The number of amides is 2. The van der Waals surface area contributed by atoms with Gasteiger partial charge in [-0.1, -0.05) is 25.1 Å². The zero-order valence-corrected chi connectivity index (χ0v) is 14.0. The van der Waals surface area contributed by atoms with E-state index in [1.54, 1.807) is 29.6 Å². The average Bonchev–Trinajstić information content (AvgIpc) is 3.13. The van der Waals surface area contributed by atoms with E-state index in [0.29, 0.717) is 10.6 Å². The molecule has 0 radical (unpaired) electrons. The van der Waals surface area contributed by atoms with Crippen LogP contribution in [0.3, 0.4) is 0 Å². The molecule has 0 aliphatic heterocycles. The Morgan fingerprint density at radius 1 is 1.12 bits per heavy atom. The van der Waals surface area contributed by atoms with Crippen molar-refractivity contribution in [3.8, 4) is 0 Å². The Morgan fingerprint density at radius 3 is 2.50 bits per heavy atom. The van der Waals surface area contributed by atoms with Gasteiger partial charge in [-0.15, -0.1) is 11.3 Å². The molecule has 1 heterocycles. The summed E-state index contributed by atoms with van der Waals surface area (Å²) in [6, 6.07) is 10.8. The molecular formula is C17H18N2O4S. The van der Waals surface area contributed by atoms with E-state index in [4.69, 9.17) is 4.74 Å². The quantitative estimate of drug-likeness (QED) is 0.753. The number of esters is 1. The number of aryl methyl sites for hydroxylation is 1. The minimum atomic E-state index is -0.670. The maximum absolute atomic E-state index is 11.7. The Kier molecular flexibility index (Phi) is 6.51. The first-order valence-corrected chi connectivity index (χ1v) is 8.32. The number of benzene rings is 1. The van der Waals surface area contributed by atoms with E-state index >= 15 is 0 Å². The Hall–Kier alpha value is -2.67. The molecule has 126 valence electrons. The van der Waals surface area contributed by atoms with Crippen molar-refractivity contribution in [2.75, 3.05) is 18.5 Å². The van der Waals surface area contributed by atoms with Gasteiger partial charge < -0.3 is 15.4 Å². The summed E-state index contributed by atoms with van der Waals surface area (Å²) in [4.78, 5) is 35.4. The van der Waals surface area contributed by atoms with Gasteiger partial charge in [0.15, 0.2) is 6.61 Å². The van der Waals surface area contributed by atoms with Crippen LogP contribution in [0, 0.1) is 0 Å². The molecule has 2 aromatic rings. The third-order valence-corrected chi connectivity index (χ3v) is 4.02. The van der Waals surface area contributed by atoms with E-state index in [1.807, 2.05) is 19.1 Å². The van der Waals surface area contributed by atoms with E-state index in [1.165, 1.54) is 16.9 Å². The number of ether oxygens (including phenoxy) is 1. The first-order chi connectivity index (χ1) is 11.6. The summed E-state index contributed by atoms with van der Waals surface area (Å²) in [5.74, 6) is -1.45. The Morgan fingerprint density at radius 2 is 1.88 bits per heavy atom. The molecule has 0 aliphatic carbocycles. The van der Waals surface area contributed by atoms with E-state index in [-0.39, 0.29) is 12.5 Å². The van der Waals surface area contributed by atoms with Crippen molar-refractivity contribution in [2.45, 2.75) is 13.3 Å². The van der Waals surface area contributed by atoms with Crippen LogP contribution in [0.15, 0.2) is 41.8 Å². The molecule has 1 aromatic heterocycles. The SMILES string of the molecule is CCc1ccc(NC(=O)COC(=O)CNC(=O)c2cccs2)cc1. The Balaban J connectivity index is 1.68. The lowest BCUT2D eigenvalue weighted by Crippen LogP contribution is -2.31. The topological polar surface area (TPSA) is 84.5 Å². The zero-order chi connectivity index (χ0) is 17.4. The van der Waals surface area contributed by atoms with Crippen molar-refractivity contribution in [3.05, 3.63) is 52.2 Å². The van der Waals surface area contributed by atoms with Gasteiger partial charge in [0, 0.05) is 5.69 Å². The lowest BCUT2D eigenvalue weighted by Gasteiger charge is -2.07. The highest BCUT2D eigenvalue weighted by molar-refractivity contribution is 7.12. The fourth-order valence-electron chi connectivity index (χ4n) is 1.87. The first kappa shape index (κ1) is 17.7. The van der Waals surface area contributed by atoms with Gasteiger partial charge in [0.25, 0.3) is 11.8 Å². The third-order valence-electron chi connectivity index (χ3n) is 3.15. The Bertz CT molecular complexity index is 696. The highest BCUT2D eigenvalue weighted by atomic mass is 32.1. The van der Waals surface area contributed by atoms with Crippen LogP contribution >= 0.6 is 11.3 Å². The predicted molar refractivity (Wildman–Crippen MR) is 92.1 cm³/mol. The molecular weight excluding hydrogens is 328 g/mol. The van der Waals surface area contributed by atoms with Crippen LogP contribution in [0.25, 0.3) is 0 Å². The van der Waals surface area contributed by atoms with Crippen molar-refractivity contribution >= 4 is 34.8 Å². The molecule has 0 saturated carbocycles. The molecule has 2 N–H and O–H groups in total. The van der Waals surface area contributed by atoms with Crippen LogP contribution < -0.4 is 10.6 Å². The summed E-state index contributed by atoms with van der Waals surface area (Å²) >= 11 is 1.28. The van der Waals surface area contributed by atoms with Gasteiger partial charge in [0.05, 0.1) is 4.88 Å². The summed E-state index contributed by atoms with van der Waals surface area (Å²) in [6.45, 7) is 1.36. The molecule has 1 aromatic carbocycles. The van der Waals surface area contributed by atoms with Crippen molar-refractivity contribution in [3.63, 3.8) is 0 Å². The van der Waals surface area contributed by atoms with E-state index in [0.717, 1.165) is 6.42 Å². The lowest BCUT2D eigenvalue weighted by atomic mass is 10.1. The van der Waals surface area contributed by atoms with Crippen LogP contribution in [-0.4, -0.2) is 30.9 Å². The molecule has 0 fully saturated rings. The second kappa shape index (κ2) is 8.83. The largest absolute Gasteiger partial charge is 0.454 e. The summed E-state index contributed by atoms with van der Waals surface area (Å²) in [7, 11) is 0. The summed E-state index contributed by atoms with van der Waals surface area (Å²) in [5, 5.41) is 6.84. The summed E-state index contributed by atoms with van der Waals surface area (Å²) in [5.41, 5.74) is 1.81. The predicted octanol–water partition coefficient (Wildman–Crippen LogP) is 2.22. The summed E-state index contributed by atoms with van der Waals surface area (Å²) < 4.78 is 4.83. The maximum Gasteiger partial charge on any atom is 0.325 e. The molecule has 6 nitrogen and oxygen atoms in total. The summed E-state index contributed by atoms with van der Waals surface area (Å²) in [6.07, 6.45) is 0.920. The van der Waals surface area contributed by atoms with Gasteiger partial charge in [-0.25, -0.2) is 0 Å². The highest BCUT2D eigenvalue weighted by Gasteiger charge is 2.11. The van der Waals surface area contributed by atoms with E-state index in [2.05, 4.69) is 10.6 Å². The van der Waals surface area contributed by atoms with Crippen LogP contribution in [0.4, 0.5) is 5.69 Å². The van der Waals surface area contributed by atoms with Crippen LogP contribution in [0.2, 0.25) is 0 Å². The third kappa shape index (κ3) is 5.51. The number of rotatable bonds is 7. The fourth-order valence-corrected chi connectivity index (χ4v) is 2.51. The van der Waals surface area contributed by atoms with Crippen molar-refractivity contribution < 1.29 is 19.1 Å². The average molecular weight is 346 g/mol. The molecule has 2 amide bonds. The van der Waals surface area contributed by atoms with Gasteiger partial charge >= 0.3 is 5.97 Å². The van der Waals surface area contributed by atoms with Crippen LogP contribution in [0.5, 0.6) is 0 Å². The standard InChI is InChI=1S/C17H18N2O4S/c1-2-12-5-7-13(8-6-12)19-15(20)11-23-16(21)10-18-17(22)14-4-3-9-24-14/h3-9H,2,10-11H2,1H3,(H,18,22)(H,19,20). The van der Waals surface area contributed by atoms with E-state index < -0.39 is 18.5 Å².